The smallest absolute Gasteiger partial charge is 0.191 e. The Morgan fingerprint density at radius 1 is 1.40 bits per heavy atom. The zero-order chi connectivity index (χ0) is 14.5. The molecule has 0 aromatic heterocycles. The third-order valence-electron chi connectivity index (χ3n) is 4.25. The van der Waals surface area contributed by atoms with Crippen LogP contribution in [0.15, 0.2) is 4.99 Å². The van der Waals surface area contributed by atoms with Gasteiger partial charge in [0.25, 0.3) is 0 Å². The van der Waals surface area contributed by atoms with Crippen LogP contribution in [-0.4, -0.2) is 50.1 Å². The quantitative estimate of drug-likeness (QED) is 0.436. The summed E-state index contributed by atoms with van der Waals surface area (Å²) in [6.07, 6.45) is 5.24. The third-order valence-corrected chi connectivity index (χ3v) is 4.25. The highest BCUT2D eigenvalue weighted by atomic mass is 127. The van der Waals surface area contributed by atoms with Gasteiger partial charge in [-0.1, -0.05) is 19.8 Å². The molecular formula is C15H33IN4. The van der Waals surface area contributed by atoms with Crippen LogP contribution in [0, 0.1) is 5.92 Å². The van der Waals surface area contributed by atoms with Crippen LogP contribution >= 0.6 is 24.0 Å². The van der Waals surface area contributed by atoms with E-state index < -0.39 is 0 Å². The average Bonchev–Trinajstić information content (AvgIpc) is 2.33. The van der Waals surface area contributed by atoms with E-state index in [2.05, 4.69) is 55.4 Å². The van der Waals surface area contributed by atoms with Gasteiger partial charge in [0.05, 0.1) is 0 Å². The van der Waals surface area contributed by atoms with Crippen molar-refractivity contribution in [2.45, 2.75) is 58.0 Å². The summed E-state index contributed by atoms with van der Waals surface area (Å²) in [6, 6.07) is 0.409. The van der Waals surface area contributed by atoms with Crippen molar-refractivity contribution >= 4 is 29.9 Å². The van der Waals surface area contributed by atoms with Gasteiger partial charge in [-0.15, -0.1) is 24.0 Å². The lowest BCUT2D eigenvalue weighted by atomic mass is 9.75. The molecule has 120 valence electrons. The minimum Gasteiger partial charge on any atom is -0.355 e. The van der Waals surface area contributed by atoms with Crippen LogP contribution in [0.25, 0.3) is 0 Å². The molecule has 0 radical (unpaired) electrons. The number of rotatable bonds is 4. The molecular weight excluding hydrogens is 363 g/mol. The van der Waals surface area contributed by atoms with Crippen molar-refractivity contribution in [3.05, 3.63) is 0 Å². The Morgan fingerprint density at radius 2 is 2.05 bits per heavy atom. The number of likely N-dealkylation sites (N-methyl/N-ethyl adjacent to an activating group) is 1. The van der Waals surface area contributed by atoms with Crippen molar-refractivity contribution in [2.24, 2.45) is 10.9 Å². The Kier molecular flexibility index (Phi) is 9.06. The number of hydrogen-bond acceptors (Lipinski definition) is 2. The first kappa shape index (κ1) is 20.0. The second-order valence-electron chi connectivity index (χ2n) is 6.55. The molecule has 0 bridgehead atoms. The van der Waals surface area contributed by atoms with Gasteiger partial charge in [-0.2, -0.15) is 0 Å². The van der Waals surface area contributed by atoms with Crippen molar-refractivity contribution in [3.63, 3.8) is 0 Å². The van der Waals surface area contributed by atoms with Gasteiger partial charge in [0.15, 0.2) is 5.96 Å². The molecule has 1 aliphatic rings. The standard InChI is InChI=1S/C15H32N4.HI/c1-12(2)18-14(16-4)17-11-15(19(5)6)9-7-8-13(3)10-15;/h12-13H,7-11H2,1-6H3,(H2,16,17,18);1H. The maximum absolute atomic E-state index is 4.30. The van der Waals surface area contributed by atoms with Crippen molar-refractivity contribution < 1.29 is 0 Å². The van der Waals surface area contributed by atoms with Gasteiger partial charge in [0, 0.05) is 25.2 Å². The molecule has 2 atom stereocenters. The lowest BCUT2D eigenvalue weighted by Crippen LogP contribution is -2.56. The summed E-state index contributed by atoms with van der Waals surface area (Å²) >= 11 is 0. The molecule has 0 aromatic carbocycles. The molecule has 0 saturated heterocycles. The fourth-order valence-electron chi connectivity index (χ4n) is 3.07. The second-order valence-corrected chi connectivity index (χ2v) is 6.55. The second kappa shape index (κ2) is 9.07. The summed E-state index contributed by atoms with van der Waals surface area (Å²) in [6.45, 7) is 7.61. The number of hydrogen-bond donors (Lipinski definition) is 2. The zero-order valence-electron chi connectivity index (χ0n) is 14.0. The molecule has 0 aliphatic heterocycles. The molecule has 2 N–H and O–H groups in total. The summed E-state index contributed by atoms with van der Waals surface area (Å²) in [7, 11) is 6.25. The van der Waals surface area contributed by atoms with E-state index in [0.29, 0.717) is 6.04 Å². The molecule has 1 fully saturated rings. The lowest BCUT2D eigenvalue weighted by molar-refractivity contribution is 0.0795. The molecule has 1 aliphatic carbocycles. The Morgan fingerprint density at radius 3 is 2.50 bits per heavy atom. The van der Waals surface area contributed by atoms with E-state index in [4.69, 9.17) is 0 Å². The molecule has 5 heteroatoms. The molecule has 2 unspecified atom stereocenters. The van der Waals surface area contributed by atoms with Gasteiger partial charge in [-0.25, -0.2) is 0 Å². The molecule has 0 spiro atoms. The number of guanidine groups is 1. The van der Waals surface area contributed by atoms with Gasteiger partial charge in [0.1, 0.15) is 0 Å². The van der Waals surface area contributed by atoms with Crippen molar-refractivity contribution in [1.82, 2.24) is 15.5 Å². The lowest BCUT2D eigenvalue weighted by Gasteiger charge is -2.45. The van der Waals surface area contributed by atoms with Gasteiger partial charge >= 0.3 is 0 Å². The first-order valence-electron chi connectivity index (χ1n) is 7.54. The monoisotopic (exact) mass is 396 g/mol. The molecule has 0 amide bonds. The Hall–Kier alpha value is -0.0400. The van der Waals surface area contributed by atoms with E-state index in [-0.39, 0.29) is 29.5 Å². The predicted molar refractivity (Wildman–Crippen MR) is 99.1 cm³/mol. The van der Waals surface area contributed by atoms with Crippen LogP contribution in [0.2, 0.25) is 0 Å². The molecule has 0 aromatic rings. The number of aliphatic imine (C=N–C) groups is 1. The van der Waals surface area contributed by atoms with Gasteiger partial charge in [-0.3, -0.25) is 4.99 Å². The van der Waals surface area contributed by atoms with Gasteiger partial charge in [-0.05, 0) is 46.7 Å². The van der Waals surface area contributed by atoms with E-state index >= 15 is 0 Å². The van der Waals surface area contributed by atoms with E-state index in [1.165, 1.54) is 25.7 Å². The fourth-order valence-corrected chi connectivity index (χ4v) is 3.07. The Bertz CT molecular complexity index is 304. The van der Waals surface area contributed by atoms with Gasteiger partial charge < -0.3 is 15.5 Å². The third kappa shape index (κ3) is 5.76. The van der Waals surface area contributed by atoms with Crippen LogP contribution in [-0.2, 0) is 0 Å². The van der Waals surface area contributed by atoms with Crippen molar-refractivity contribution in [1.29, 1.82) is 0 Å². The van der Waals surface area contributed by atoms with E-state index in [1.807, 2.05) is 7.05 Å². The van der Waals surface area contributed by atoms with Crippen molar-refractivity contribution in [3.8, 4) is 0 Å². The Balaban J connectivity index is 0.00000361. The number of halogens is 1. The molecule has 0 heterocycles. The van der Waals surface area contributed by atoms with Crippen molar-refractivity contribution in [2.75, 3.05) is 27.7 Å². The summed E-state index contributed by atoms with van der Waals surface area (Å²) in [5.74, 6) is 1.73. The molecule has 4 nitrogen and oxygen atoms in total. The minimum atomic E-state index is 0. The largest absolute Gasteiger partial charge is 0.355 e. The maximum atomic E-state index is 4.30. The van der Waals surface area contributed by atoms with Crippen LogP contribution in [0.5, 0.6) is 0 Å². The van der Waals surface area contributed by atoms with Crippen LogP contribution < -0.4 is 10.6 Å². The molecule has 1 saturated carbocycles. The minimum absolute atomic E-state index is 0. The first-order valence-corrected chi connectivity index (χ1v) is 7.54. The highest BCUT2D eigenvalue weighted by Gasteiger charge is 2.36. The highest BCUT2D eigenvalue weighted by molar-refractivity contribution is 14.0. The van der Waals surface area contributed by atoms with Crippen LogP contribution in [0.1, 0.15) is 46.5 Å². The normalized spacial score (nSPS) is 27.4. The van der Waals surface area contributed by atoms with E-state index in [0.717, 1.165) is 18.4 Å². The fraction of sp³-hybridized carbons (Fsp3) is 0.933. The Labute approximate surface area is 142 Å². The van der Waals surface area contributed by atoms with E-state index in [9.17, 15) is 0 Å². The summed E-state index contributed by atoms with van der Waals surface area (Å²) in [5.41, 5.74) is 0.270. The topological polar surface area (TPSA) is 39.7 Å². The van der Waals surface area contributed by atoms with Gasteiger partial charge in [0.2, 0.25) is 0 Å². The summed E-state index contributed by atoms with van der Waals surface area (Å²) in [5, 5.41) is 6.87. The molecule has 20 heavy (non-hydrogen) atoms. The molecule has 1 rings (SSSR count). The predicted octanol–water partition coefficient (Wildman–Crippen LogP) is 2.69. The summed E-state index contributed by atoms with van der Waals surface area (Å²) in [4.78, 5) is 6.70. The number of nitrogens with zero attached hydrogens (tertiary/aromatic N) is 2. The zero-order valence-corrected chi connectivity index (χ0v) is 16.3. The SMILES string of the molecule is CN=C(NCC1(N(C)C)CCCC(C)C1)NC(C)C.I. The summed E-state index contributed by atoms with van der Waals surface area (Å²) < 4.78 is 0. The first-order chi connectivity index (χ1) is 8.89. The highest BCUT2D eigenvalue weighted by Crippen LogP contribution is 2.35. The van der Waals surface area contributed by atoms with Crippen LogP contribution in [0.3, 0.4) is 0 Å². The maximum Gasteiger partial charge on any atom is 0.191 e. The number of nitrogens with one attached hydrogen (secondary N) is 2. The average molecular weight is 396 g/mol. The van der Waals surface area contributed by atoms with E-state index in [1.54, 1.807) is 0 Å². The van der Waals surface area contributed by atoms with Crippen LogP contribution in [0.4, 0.5) is 0 Å².